The SMILES string of the molecule is Cc1cc(NC(=O)NC2CC3(CCN(C)CC3)Oc3ccccc32)no1. The molecule has 7 heteroatoms. The van der Waals surface area contributed by atoms with E-state index in [-0.39, 0.29) is 17.7 Å². The van der Waals surface area contributed by atoms with Crippen LogP contribution >= 0.6 is 0 Å². The second-order valence-corrected chi connectivity index (χ2v) is 7.30. The molecule has 3 heterocycles. The zero-order valence-electron chi connectivity index (χ0n) is 15.1. The van der Waals surface area contributed by atoms with Crippen LogP contribution in [-0.4, -0.2) is 41.8 Å². The molecule has 26 heavy (non-hydrogen) atoms. The van der Waals surface area contributed by atoms with E-state index in [9.17, 15) is 4.79 Å². The third-order valence-electron chi connectivity index (χ3n) is 5.27. The Hall–Kier alpha value is -2.54. The first-order valence-corrected chi connectivity index (χ1v) is 9.00. The summed E-state index contributed by atoms with van der Waals surface area (Å²) in [5.41, 5.74) is 0.798. The molecule has 7 nitrogen and oxygen atoms in total. The second-order valence-electron chi connectivity index (χ2n) is 7.30. The summed E-state index contributed by atoms with van der Waals surface area (Å²) in [6.07, 6.45) is 2.68. The van der Waals surface area contributed by atoms with Crippen LogP contribution in [-0.2, 0) is 0 Å². The number of nitrogens with zero attached hydrogens (tertiary/aromatic N) is 2. The van der Waals surface area contributed by atoms with Crippen LogP contribution in [0.15, 0.2) is 34.9 Å². The summed E-state index contributed by atoms with van der Waals surface area (Å²) in [5, 5.41) is 9.63. The van der Waals surface area contributed by atoms with Gasteiger partial charge in [-0.05, 0) is 32.9 Å². The summed E-state index contributed by atoms with van der Waals surface area (Å²) in [6, 6.07) is 9.25. The zero-order chi connectivity index (χ0) is 18.1. The molecule has 1 unspecified atom stereocenters. The molecule has 4 rings (SSSR count). The number of ether oxygens (including phenoxy) is 1. The number of hydrogen-bond donors (Lipinski definition) is 2. The van der Waals surface area contributed by atoms with Crippen LogP contribution in [0.25, 0.3) is 0 Å². The quantitative estimate of drug-likeness (QED) is 0.864. The number of benzene rings is 1. The molecule has 1 aromatic carbocycles. The van der Waals surface area contributed by atoms with E-state index in [0.717, 1.165) is 43.7 Å². The Balaban J connectivity index is 1.52. The van der Waals surface area contributed by atoms with Crippen molar-refractivity contribution in [3.63, 3.8) is 0 Å². The van der Waals surface area contributed by atoms with E-state index in [1.807, 2.05) is 24.3 Å². The number of urea groups is 1. The molecule has 2 aromatic rings. The minimum atomic E-state index is -0.289. The van der Waals surface area contributed by atoms with E-state index in [1.165, 1.54) is 0 Å². The van der Waals surface area contributed by atoms with Crippen LogP contribution in [0.5, 0.6) is 5.75 Å². The van der Waals surface area contributed by atoms with Crippen LogP contribution in [0.1, 0.15) is 36.6 Å². The fourth-order valence-electron chi connectivity index (χ4n) is 3.82. The molecular formula is C19H24N4O3. The maximum Gasteiger partial charge on any atom is 0.320 e. The number of nitrogens with one attached hydrogen (secondary N) is 2. The van der Waals surface area contributed by atoms with Crippen molar-refractivity contribution >= 4 is 11.8 Å². The third-order valence-corrected chi connectivity index (χ3v) is 5.27. The lowest BCUT2D eigenvalue weighted by Gasteiger charge is -2.46. The standard InChI is InChI=1S/C19H24N4O3/c1-13-11-17(22-26-13)21-18(24)20-15-12-19(7-9-23(2)10-8-19)25-16-6-4-3-5-14(15)16/h3-6,11,15H,7-10,12H2,1-2H3,(H2,20,21,22,24). The Morgan fingerprint density at radius 2 is 2.08 bits per heavy atom. The summed E-state index contributed by atoms with van der Waals surface area (Å²) >= 11 is 0. The first-order valence-electron chi connectivity index (χ1n) is 9.00. The molecule has 138 valence electrons. The highest BCUT2D eigenvalue weighted by Crippen LogP contribution is 2.44. The van der Waals surface area contributed by atoms with E-state index < -0.39 is 0 Å². The van der Waals surface area contributed by atoms with Crippen LogP contribution in [0.4, 0.5) is 10.6 Å². The number of para-hydroxylation sites is 1. The summed E-state index contributed by atoms with van der Waals surface area (Å²) in [7, 11) is 2.13. The molecule has 2 amide bonds. The van der Waals surface area contributed by atoms with Gasteiger partial charge in [-0.3, -0.25) is 5.32 Å². The molecule has 1 aromatic heterocycles. The molecule has 2 aliphatic heterocycles. The predicted molar refractivity (Wildman–Crippen MR) is 97.3 cm³/mol. The number of aromatic nitrogens is 1. The van der Waals surface area contributed by atoms with Crippen molar-refractivity contribution in [1.82, 2.24) is 15.4 Å². The van der Waals surface area contributed by atoms with Gasteiger partial charge in [-0.1, -0.05) is 23.4 Å². The Bertz CT molecular complexity index is 796. The van der Waals surface area contributed by atoms with Crippen LogP contribution in [0.2, 0.25) is 0 Å². The number of anilines is 1. The summed E-state index contributed by atoms with van der Waals surface area (Å²) in [6.45, 7) is 3.78. The van der Waals surface area contributed by atoms with E-state index in [2.05, 4.69) is 27.7 Å². The molecule has 1 atom stereocenters. The van der Waals surface area contributed by atoms with E-state index in [0.29, 0.717) is 11.6 Å². The fraction of sp³-hybridized carbons (Fsp3) is 0.474. The van der Waals surface area contributed by atoms with E-state index >= 15 is 0 Å². The fourth-order valence-corrected chi connectivity index (χ4v) is 3.82. The molecule has 0 aliphatic carbocycles. The van der Waals surface area contributed by atoms with E-state index in [4.69, 9.17) is 9.26 Å². The number of fused-ring (bicyclic) bond motifs is 1. The van der Waals surface area contributed by atoms with Crippen LogP contribution < -0.4 is 15.4 Å². The monoisotopic (exact) mass is 356 g/mol. The zero-order valence-corrected chi connectivity index (χ0v) is 15.1. The van der Waals surface area contributed by atoms with Gasteiger partial charge in [-0.2, -0.15) is 0 Å². The number of likely N-dealkylation sites (tertiary alicyclic amines) is 1. The Labute approximate surface area is 152 Å². The van der Waals surface area contributed by atoms with Gasteiger partial charge in [0.1, 0.15) is 17.1 Å². The third kappa shape index (κ3) is 3.39. The smallest absolute Gasteiger partial charge is 0.320 e. The summed E-state index contributed by atoms with van der Waals surface area (Å²) < 4.78 is 11.4. The molecule has 0 saturated carbocycles. The summed E-state index contributed by atoms with van der Waals surface area (Å²) in [5.74, 6) is 1.93. The second kappa shape index (κ2) is 6.64. The van der Waals surface area contributed by atoms with Crippen molar-refractivity contribution in [3.8, 4) is 5.75 Å². The van der Waals surface area contributed by atoms with Gasteiger partial charge in [0.15, 0.2) is 5.82 Å². The van der Waals surface area contributed by atoms with Gasteiger partial charge < -0.3 is 19.5 Å². The lowest BCUT2D eigenvalue weighted by molar-refractivity contribution is -0.0188. The van der Waals surface area contributed by atoms with Crippen molar-refractivity contribution in [2.75, 3.05) is 25.5 Å². The highest BCUT2D eigenvalue weighted by atomic mass is 16.5. The number of hydrogen-bond acceptors (Lipinski definition) is 5. The predicted octanol–water partition coefficient (Wildman–Crippen LogP) is 3.09. The average Bonchev–Trinajstić information content (AvgIpc) is 3.02. The highest BCUT2D eigenvalue weighted by molar-refractivity contribution is 5.88. The molecule has 0 radical (unpaired) electrons. The van der Waals surface area contributed by atoms with Crippen molar-refractivity contribution in [2.45, 2.75) is 37.8 Å². The number of aryl methyl sites for hydroxylation is 1. The number of rotatable bonds is 2. The minimum absolute atomic E-state index is 0.101. The Morgan fingerprint density at radius 1 is 1.31 bits per heavy atom. The Kier molecular flexibility index (Phi) is 4.32. The van der Waals surface area contributed by atoms with Gasteiger partial charge >= 0.3 is 6.03 Å². The number of piperidine rings is 1. The van der Waals surface area contributed by atoms with Gasteiger partial charge in [0, 0.05) is 31.1 Å². The van der Waals surface area contributed by atoms with Gasteiger partial charge in [0.2, 0.25) is 0 Å². The highest BCUT2D eigenvalue weighted by Gasteiger charge is 2.43. The molecule has 1 fully saturated rings. The molecule has 2 N–H and O–H groups in total. The van der Waals surface area contributed by atoms with Gasteiger partial charge in [0.05, 0.1) is 6.04 Å². The maximum absolute atomic E-state index is 12.5. The van der Waals surface area contributed by atoms with Crippen molar-refractivity contribution in [1.29, 1.82) is 0 Å². The van der Waals surface area contributed by atoms with Crippen LogP contribution in [0.3, 0.4) is 0 Å². The van der Waals surface area contributed by atoms with Gasteiger partial charge in [-0.15, -0.1) is 0 Å². The molecule has 2 aliphatic rings. The average molecular weight is 356 g/mol. The van der Waals surface area contributed by atoms with E-state index in [1.54, 1.807) is 13.0 Å². The summed E-state index contributed by atoms with van der Waals surface area (Å²) in [4.78, 5) is 14.8. The van der Waals surface area contributed by atoms with Crippen molar-refractivity contribution in [3.05, 3.63) is 41.7 Å². The van der Waals surface area contributed by atoms with Crippen molar-refractivity contribution < 1.29 is 14.1 Å². The van der Waals surface area contributed by atoms with Crippen LogP contribution in [0, 0.1) is 6.92 Å². The van der Waals surface area contributed by atoms with Gasteiger partial charge in [0.25, 0.3) is 0 Å². The molecular weight excluding hydrogens is 332 g/mol. The number of carbonyl (C=O) groups is 1. The van der Waals surface area contributed by atoms with Crippen molar-refractivity contribution in [2.24, 2.45) is 0 Å². The lowest BCUT2D eigenvalue weighted by Crippen LogP contribution is -2.51. The molecule has 0 bridgehead atoms. The first-order chi connectivity index (χ1) is 12.5. The largest absolute Gasteiger partial charge is 0.487 e. The lowest BCUT2D eigenvalue weighted by atomic mass is 9.80. The molecule has 1 saturated heterocycles. The molecule has 1 spiro atoms. The maximum atomic E-state index is 12.5. The number of amides is 2. The van der Waals surface area contributed by atoms with Gasteiger partial charge in [-0.25, -0.2) is 4.79 Å². The normalized spacial score (nSPS) is 21.7. The topological polar surface area (TPSA) is 79.6 Å². The minimum Gasteiger partial charge on any atom is -0.487 e. The Morgan fingerprint density at radius 3 is 2.81 bits per heavy atom. The first kappa shape index (κ1) is 16.9. The number of carbonyl (C=O) groups excluding carboxylic acids is 1.